The molecule has 2 aromatic rings. The summed E-state index contributed by atoms with van der Waals surface area (Å²) in [6, 6.07) is 14.0. The summed E-state index contributed by atoms with van der Waals surface area (Å²) < 4.78 is 13.8. The molecule has 2 aliphatic rings. The molecule has 0 saturated carbocycles. The first kappa shape index (κ1) is 16.9. The van der Waals surface area contributed by atoms with Crippen LogP contribution < -0.4 is 4.90 Å². The maximum atomic E-state index is 13.8. The molecule has 0 N–H and O–H groups in total. The van der Waals surface area contributed by atoms with Gasteiger partial charge in [-0.1, -0.05) is 30.3 Å². The number of amides is 1. The number of anilines is 1. The maximum Gasteiger partial charge on any atom is 0.300 e. The zero-order chi connectivity index (χ0) is 18.1. The Morgan fingerprint density at radius 1 is 0.846 bits per heavy atom. The highest BCUT2D eigenvalue weighted by atomic mass is 19.1. The van der Waals surface area contributed by atoms with E-state index < -0.39 is 11.7 Å². The van der Waals surface area contributed by atoms with Gasteiger partial charge in [-0.2, -0.15) is 0 Å². The molecule has 1 fully saturated rings. The van der Waals surface area contributed by atoms with Crippen LogP contribution in [0.1, 0.15) is 15.9 Å². The molecule has 0 unspecified atom stereocenters. The Hall–Kier alpha value is -2.57. The van der Waals surface area contributed by atoms with Crippen molar-refractivity contribution in [1.82, 2.24) is 9.80 Å². The molecule has 2 aromatic carbocycles. The van der Waals surface area contributed by atoms with Crippen LogP contribution in [0.3, 0.4) is 0 Å². The molecule has 0 bridgehead atoms. The number of hydrogen-bond donors (Lipinski definition) is 0. The Labute approximate surface area is 151 Å². The fourth-order valence-electron chi connectivity index (χ4n) is 3.54. The van der Waals surface area contributed by atoms with Gasteiger partial charge in [0.2, 0.25) is 0 Å². The van der Waals surface area contributed by atoms with Gasteiger partial charge in [0.05, 0.1) is 17.9 Å². The lowest BCUT2D eigenvalue weighted by atomic mass is 10.1. The number of fused-ring (bicyclic) bond motifs is 1. The Balaban J connectivity index is 1.37. The number of carbonyl (C=O) groups excluding carboxylic acids is 2. The van der Waals surface area contributed by atoms with E-state index in [4.69, 9.17) is 0 Å². The summed E-state index contributed by atoms with van der Waals surface area (Å²) in [5.74, 6) is -1.06. The fourth-order valence-corrected chi connectivity index (χ4v) is 3.54. The highest BCUT2D eigenvalue weighted by Crippen LogP contribution is 2.28. The first-order valence-electron chi connectivity index (χ1n) is 8.77. The Bertz CT molecular complexity index is 846. The lowest BCUT2D eigenvalue weighted by molar-refractivity contribution is -0.114. The molecule has 134 valence electrons. The highest BCUT2D eigenvalue weighted by Gasteiger charge is 2.36. The standard InChI is InChI=1S/C20H20FN3O2/c21-17-7-3-1-5-15(17)13-22-9-11-23(12-10-22)14-24-18-8-4-2-6-16(18)19(25)20(24)26/h1-8H,9-14H2. The third-order valence-electron chi connectivity index (χ3n) is 5.04. The van der Waals surface area contributed by atoms with Crippen LogP contribution in [0, 0.1) is 5.82 Å². The van der Waals surface area contributed by atoms with E-state index in [1.165, 1.54) is 6.07 Å². The average Bonchev–Trinajstić information content (AvgIpc) is 2.90. The van der Waals surface area contributed by atoms with Crippen molar-refractivity contribution in [2.24, 2.45) is 0 Å². The van der Waals surface area contributed by atoms with Crippen LogP contribution >= 0.6 is 0 Å². The van der Waals surface area contributed by atoms with Gasteiger partial charge in [-0.25, -0.2) is 4.39 Å². The summed E-state index contributed by atoms with van der Waals surface area (Å²) >= 11 is 0. The molecule has 5 nitrogen and oxygen atoms in total. The summed E-state index contributed by atoms with van der Waals surface area (Å²) in [5, 5.41) is 0. The normalized spacial score (nSPS) is 18.4. The van der Waals surface area contributed by atoms with Crippen LogP contribution in [0.15, 0.2) is 48.5 Å². The van der Waals surface area contributed by atoms with Crippen molar-refractivity contribution >= 4 is 17.4 Å². The van der Waals surface area contributed by atoms with Crippen molar-refractivity contribution < 1.29 is 14.0 Å². The quantitative estimate of drug-likeness (QED) is 0.790. The number of ketones is 1. The lowest BCUT2D eigenvalue weighted by Gasteiger charge is -2.36. The number of nitrogens with zero attached hydrogens (tertiary/aromatic N) is 3. The van der Waals surface area contributed by atoms with Crippen molar-refractivity contribution in [3.8, 4) is 0 Å². The van der Waals surface area contributed by atoms with Gasteiger partial charge in [0.15, 0.2) is 0 Å². The Morgan fingerprint density at radius 3 is 2.27 bits per heavy atom. The zero-order valence-electron chi connectivity index (χ0n) is 14.4. The van der Waals surface area contributed by atoms with Gasteiger partial charge in [-0.05, 0) is 18.2 Å². The van der Waals surface area contributed by atoms with Gasteiger partial charge in [0.25, 0.3) is 5.78 Å². The fraction of sp³-hybridized carbons (Fsp3) is 0.300. The molecule has 2 heterocycles. The van der Waals surface area contributed by atoms with E-state index in [1.54, 1.807) is 23.1 Å². The second-order valence-corrected chi connectivity index (χ2v) is 6.71. The minimum Gasteiger partial charge on any atom is -0.296 e. The Kier molecular flexibility index (Phi) is 4.53. The zero-order valence-corrected chi connectivity index (χ0v) is 14.4. The molecule has 0 aliphatic carbocycles. The van der Waals surface area contributed by atoms with E-state index in [-0.39, 0.29) is 5.82 Å². The van der Waals surface area contributed by atoms with Gasteiger partial charge in [-0.3, -0.25) is 24.3 Å². The first-order chi connectivity index (χ1) is 12.6. The third kappa shape index (κ3) is 3.13. The number of carbonyl (C=O) groups is 2. The van der Waals surface area contributed by atoms with Crippen LogP contribution in [-0.4, -0.2) is 54.3 Å². The number of piperazine rings is 1. The monoisotopic (exact) mass is 353 g/mol. The number of halogens is 1. The topological polar surface area (TPSA) is 43.9 Å². The molecular formula is C20H20FN3O2. The number of benzene rings is 2. The van der Waals surface area contributed by atoms with Gasteiger partial charge in [-0.15, -0.1) is 0 Å². The van der Waals surface area contributed by atoms with E-state index in [2.05, 4.69) is 9.80 Å². The maximum absolute atomic E-state index is 13.8. The van der Waals surface area contributed by atoms with Crippen LogP contribution in [0.2, 0.25) is 0 Å². The SMILES string of the molecule is O=C1C(=O)N(CN2CCN(Cc3ccccc3F)CC2)c2ccccc21. The molecule has 1 saturated heterocycles. The van der Waals surface area contributed by atoms with Gasteiger partial charge < -0.3 is 0 Å². The minimum atomic E-state index is -0.458. The molecule has 2 aliphatic heterocycles. The molecule has 0 aromatic heterocycles. The van der Waals surface area contributed by atoms with E-state index in [1.807, 2.05) is 24.3 Å². The molecule has 26 heavy (non-hydrogen) atoms. The van der Waals surface area contributed by atoms with E-state index >= 15 is 0 Å². The average molecular weight is 353 g/mol. The summed E-state index contributed by atoms with van der Waals surface area (Å²) in [6.45, 7) is 4.14. The van der Waals surface area contributed by atoms with E-state index in [9.17, 15) is 14.0 Å². The van der Waals surface area contributed by atoms with Crippen molar-refractivity contribution in [1.29, 1.82) is 0 Å². The van der Waals surface area contributed by atoms with E-state index in [0.29, 0.717) is 30.0 Å². The van der Waals surface area contributed by atoms with E-state index in [0.717, 1.165) is 26.2 Å². The molecule has 0 atom stereocenters. The minimum absolute atomic E-state index is 0.173. The van der Waals surface area contributed by atoms with Crippen molar-refractivity contribution in [2.45, 2.75) is 6.54 Å². The number of rotatable bonds is 4. The summed E-state index contributed by atoms with van der Waals surface area (Å²) in [6.07, 6.45) is 0. The van der Waals surface area contributed by atoms with Gasteiger partial charge >= 0.3 is 5.91 Å². The van der Waals surface area contributed by atoms with Crippen molar-refractivity contribution in [3.05, 3.63) is 65.5 Å². The number of hydrogen-bond acceptors (Lipinski definition) is 4. The van der Waals surface area contributed by atoms with Crippen LogP contribution in [0.5, 0.6) is 0 Å². The van der Waals surface area contributed by atoms with Crippen LogP contribution in [-0.2, 0) is 11.3 Å². The molecular weight excluding hydrogens is 333 g/mol. The van der Waals surface area contributed by atoms with Gasteiger partial charge in [0.1, 0.15) is 5.82 Å². The lowest BCUT2D eigenvalue weighted by Crippen LogP contribution is -2.50. The van der Waals surface area contributed by atoms with Crippen molar-refractivity contribution in [2.75, 3.05) is 37.7 Å². The molecule has 4 rings (SSSR count). The molecule has 6 heteroatoms. The molecule has 0 radical (unpaired) electrons. The summed E-state index contributed by atoms with van der Waals surface area (Å²) in [5.41, 5.74) is 1.88. The molecule has 0 spiro atoms. The number of Topliss-reactive ketones (excluding diaryl/α,β-unsaturated/α-hetero) is 1. The first-order valence-corrected chi connectivity index (χ1v) is 8.77. The summed E-state index contributed by atoms with van der Waals surface area (Å²) in [7, 11) is 0. The predicted molar refractivity (Wildman–Crippen MR) is 96.4 cm³/mol. The smallest absolute Gasteiger partial charge is 0.296 e. The van der Waals surface area contributed by atoms with Crippen LogP contribution in [0.25, 0.3) is 0 Å². The Morgan fingerprint density at radius 2 is 1.50 bits per heavy atom. The molecule has 1 amide bonds. The second kappa shape index (κ2) is 6.97. The summed E-state index contributed by atoms with van der Waals surface area (Å²) in [4.78, 5) is 30.3. The van der Waals surface area contributed by atoms with Crippen LogP contribution in [0.4, 0.5) is 10.1 Å². The largest absolute Gasteiger partial charge is 0.300 e. The number of para-hydroxylation sites is 1. The van der Waals surface area contributed by atoms with Crippen molar-refractivity contribution in [3.63, 3.8) is 0 Å². The highest BCUT2D eigenvalue weighted by molar-refractivity contribution is 6.52. The second-order valence-electron chi connectivity index (χ2n) is 6.71. The predicted octanol–water partition coefficient (Wildman–Crippen LogP) is 2.13. The van der Waals surface area contributed by atoms with Gasteiger partial charge in [0, 0.05) is 38.3 Å². The third-order valence-corrected chi connectivity index (χ3v) is 5.04.